The molecule has 2 N–H and O–H groups in total. The number of benzene rings is 1. The first-order valence-corrected chi connectivity index (χ1v) is 7.61. The van der Waals surface area contributed by atoms with Crippen molar-refractivity contribution in [3.05, 3.63) is 39.9 Å². The average molecular weight is 325 g/mol. The van der Waals surface area contributed by atoms with E-state index in [1.54, 1.807) is 6.92 Å². The molecule has 7 nitrogen and oxygen atoms in total. The molecule has 0 spiro atoms. The summed E-state index contributed by atoms with van der Waals surface area (Å²) in [6.45, 7) is 3.96. The number of nitro groups is 1. The molecule has 0 saturated heterocycles. The van der Waals surface area contributed by atoms with Gasteiger partial charge in [-0.05, 0) is 43.4 Å². The zero-order valence-electron chi connectivity index (χ0n) is 13.3. The molecule has 128 valence electrons. The van der Waals surface area contributed by atoms with Gasteiger partial charge in [-0.25, -0.2) is 0 Å². The van der Waals surface area contributed by atoms with Gasteiger partial charge in [0.15, 0.2) is 0 Å². The molecule has 0 amide bonds. The molecule has 1 rings (SSSR count). The third-order valence-corrected chi connectivity index (χ3v) is 3.60. The highest BCUT2D eigenvalue weighted by atomic mass is 16.6. The molecule has 0 bridgehead atoms. The Bertz CT molecular complexity index is 516. The number of hydrogen-bond donors (Lipinski definition) is 2. The Balaban J connectivity index is 2.50. The minimum absolute atomic E-state index is 0.0297. The van der Waals surface area contributed by atoms with Gasteiger partial charge in [0.1, 0.15) is 6.10 Å². The fourth-order valence-corrected chi connectivity index (χ4v) is 2.27. The fourth-order valence-electron chi connectivity index (χ4n) is 2.27. The van der Waals surface area contributed by atoms with Crippen molar-refractivity contribution in [1.82, 2.24) is 0 Å². The summed E-state index contributed by atoms with van der Waals surface area (Å²) >= 11 is 0. The van der Waals surface area contributed by atoms with Crippen molar-refractivity contribution < 1.29 is 24.7 Å². The van der Waals surface area contributed by atoms with Crippen LogP contribution in [0.3, 0.4) is 0 Å². The molecule has 0 heterocycles. The summed E-state index contributed by atoms with van der Waals surface area (Å²) in [6, 6.07) is 5.43. The maximum Gasteiger partial charge on any atom is 0.305 e. The zero-order chi connectivity index (χ0) is 17.4. The van der Waals surface area contributed by atoms with Gasteiger partial charge < -0.3 is 14.9 Å². The van der Waals surface area contributed by atoms with E-state index in [9.17, 15) is 25.1 Å². The van der Waals surface area contributed by atoms with Crippen molar-refractivity contribution in [3.8, 4) is 0 Å². The van der Waals surface area contributed by atoms with Crippen molar-refractivity contribution in [2.75, 3.05) is 6.61 Å². The van der Waals surface area contributed by atoms with Crippen molar-refractivity contribution >= 4 is 11.7 Å². The predicted molar refractivity (Wildman–Crippen MR) is 83.7 cm³/mol. The largest absolute Gasteiger partial charge is 0.466 e. The topological polar surface area (TPSA) is 110 Å². The molecular weight excluding hydrogens is 302 g/mol. The highest BCUT2D eigenvalue weighted by Gasteiger charge is 2.22. The van der Waals surface area contributed by atoms with E-state index in [1.807, 2.05) is 6.92 Å². The minimum Gasteiger partial charge on any atom is -0.466 e. The summed E-state index contributed by atoms with van der Waals surface area (Å²) in [5.41, 5.74) is 0.346. The van der Waals surface area contributed by atoms with Gasteiger partial charge in [0.2, 0.25) is 0 Å². The molecule has 0 saturated carbocycles. The van der Waals surface area contributed by atoms with Crippen LogP contribution >= 0.6 is 0 Å². The van der Waals surface area contributed by atoms with Gasteiger partial charge >= 0.3 is 5.97 Å². The van der Waals surface area contributed by atoms with Gasteiger partial charge in [-0.1, -0.05) is 6.92 Å². The number of nitrogens with zero attached hydrogens (tertiary/aromatic N) is 1. The molecule has 7 heteroatoms. The maximum absolute atomic E-state index is 11.3. The SMILES string of the molecule is CCOC(=O)CC[C@H](C)C[C@@H](O)[C@H](O)c1ccc([N+](=O)[O-])cc1. The van der Waals surface area contributed by atoms with E-state index < -0.39 is 17.1 Å². The Morgan fingerprint density at radius 1 is 1.30 bits per heavy atom. The second kappa shape index (κ2) is 9.22. The van der Waals surface area contributed by atoms with Gasteiger partial charge in [-0.2, -0.15) is 0 Å². The number of hydrogen-bond acceptors (Lipinski definition) is 6. The molecule has 3 atom stereocenters. The summed E-state index contributed by atoms with van der Waals surface area (Å²) in [5, 5.41) is 30.8. The molecule has 0 radical (unpaired) electrons. The number of ether oxygens (including phenoxy) is 1. The molecule has 0 aliphatic heterocycles. The second-order valence-corrected chi connectivity index (χ2v) is 5.55. The van der Waals surface area contributed by atoms with E-state index >= 15 is 0 Å². The van der Waals surface area contributed by atoms with Gasteiger partial charge in [-0.3, -0.25) is 14.9 Å². The highest BCUT2D eigenvalue weighted by molar-refractivity contribution is 5.69. The molecule has 0 fully saturated rings. The third kappa shape index (κ3) is 6.33. The van der Waals surface area contributed by atoms with Crippen LogP contribution in [0, 0.1) is 16.0 Å². The molecule has 23 heavy (non-hydrogen) atoms. The second-order valence-electron chi connectivity index (χ2n) is 5.55. The lowest BCUT2D eigenvalue weighted by molar-refractivity contribution is -0.384. The Morgan fingerprint density at radius 3 is 2.43 bits per heavy atom. The Morgan fingerprint density at radius 2 is 1.91 bits per heavy atom. The molecule has 1 aromatic rings. The lowest BCUT2D eigenvalue weighted by Gasteiger charge is -2.21. The first-order chi connectivity index (χ1) is 10.8. The van der Waals surface area contributed by atoms with E-state index in [2.05, 4.69) is 0 Å². The van der Waals surface area contributed by atoms with Crippen LogP contribution in [0.4, 0.5) is 5.69 Å². The van der Waals surface area contributed by atoms with Gasteiger partial charge in [-0.15, -0.1) is 0 Å². The van der Waals surface area contributed by atoms with E-state index in [1.165, 1.54) is 24.3 Å². The van der Waals surface area contributed by atoms with Crippen molar-refractivity contribution in [3.63, 3.8) is 0 Å². The van der Waals surface area contributed by atoms with Gasteiger partial charge in [0.25, 0.3) is 5.69 Å². The van der Waals surface area contributed by atoms with Crippen molar-refractivity contribution in [2.45, 2.75) is 45.3 Å². The molecular formula is C16H23NO6. The van der Waals surface area contributed by atoms with Crippen molar-refractivity contribution in [2.24, 2.45) is 5.92 Å². The first-order valence-electron chi connectivity index (χ1n) is 7.61. The Kier molecular flexibility index (Phi) is 7.64. The van der Waals surface area contributed by atoms with Gasteiger partial charge in [0, 0.05) is 18.6 Å². The number of nitro benzene ring substituents is 1. The summed E-state index contributed by atoms with van der Waals surface area (Å²) < 4.78 is 4.84. The normalized spacial score (nSPS) is 14.8. The van der Waals surface area contributed by atoms with Crippen LogP contribution in [0.5, 0.6) is 0 Å². The predicted octanol–water partition coefficient (Wildman–Crippen LogP) is 2.36. The Labute approximate surface area is 135 Å². The van der Waals surface area contributed by atoms with E-state index in [0.29, 0.717) is 25.0 Å². The standard InChI is InChI=1S/C16H23NO6/c1-3-23-15(19)9-4-11(2)10-14(18)16(20)12-5-7-13(8-6-12)17(21)22/h5-8,11,14,16,18,20H,3-4,9-10H2,1-2H3/t11-,14+,16+/m0/s1. The van der Waals surface area contributed by atoms with Crippen molar-refractivity contribution in [1.29, 1.82) is 0 Å². The van der Waals surface area contributed by atoms with E-state index in [-0.39, 0.29) is 24.0 Å². The molecule has 0 aliphatic rings. The van der Waals surface area contributed by atoms with Crippen LogP contribution in [-0.2, 0) is 9.53 Å². The minimum atomic E-state index is -1.12. The lowest BCUT2D eigenvalue weighted by atomic mass is 9.93. The van der Waals surface area contributed by atoms with E-state index in [0.717, 1.165) is 0 Å². The van der Waals surface area contributed by atoms with Gasteiger partial charge in [0.05, 0.1) is 17.6 Å². The molecule has 0 aliphatic carbocycles. The summed E-state index contributed by atoms with van der Waals surface area (Å²) in [7, 11) is 0. The summed E-state index contributed by atoms with van der Waals surface area (Å²) in [6.07, 6.45) is -0.981. The number of aliphatic hydroxyl groups is 2. The monoisotopic (exact) mass is 325 g/mol. The molecule has 1 aromatic carbocycles. The lowest BCUT2D eigenvalue weighted by Crippen LogP contribution is -2.21. The number of non-ortho nitro benzene ring substituents is 1. The smallest absolute Gasteiger partial charge is 0.305 e. The number of rotatable bonds is 9. The highest BCUT2D eigenvalue weighted by Crippen LogP contribution is 2.25. The average Bonchev–Trinajstić information content (AvgIpc) is 2.52. The quantitative estimate of drug-likeness (QED) is 0.410. The fraction of sp³-hybridized carbons (Fsp3) is 0.562. The van der Waals surface area contributed by atoms with Crippen LogP contribution in [-0.4, -0.2) is 33.8 Å². The summed E-state index contributed by atoms with van der Waals surface area (Å²) in [4.78, 5) is 21.4. The number of aliphatic hydroxyl groups excluding tert-OH is 2. The zero-order valence-corrected chi connectivity index (χ0v) is 13.3. The van der Waals surface area contributed by atoms with Crippen LogP contribution < -0.4 is 0 Å². The van der Waals surface area contributed by atoms with Crippen LogP contribution in [0.2, 0.25) is 0 Å². The van der Waals surface area contributed by atoms with Crippen LogP contribution in [0.25, 0.3) is 0 Å². The Hall–Kier alpha value is -1.99. The summed E-state index contributed by atoms with van der Waals surface area (Å²) in [5.74, 6) is -0.244. The number of carbonyl (C=O) groups is 1. The molecule has 0 aromatic heterocycles. The maximum atomic E-state index is 11.3. The van der Waals surface area contributed by atoms with E-state index in [4.69, 9.17) is 4.74 Å². The van der Waals surface area contributed by atoms with Crippen LogP contribution in [0.1, 0.15) is 44.8 Å². The third-order valence-electron chi connectivity index (χ3n) is 3.60. The first kappa shape index (κ1) is 19.1. The molecule has 0 unspecified atom stereocenters. The number of carbonyl (C=O) groups excluding carboxylic acids is 1. The number of esters is 1. The van der Waals surface area contributed by atoms with Crippen LogP contribution in [0.15, 0.2) is 24.3 Å².